The predicted molar refractivity (Wildman–Crippen MR) is 111 cm³/mol. The molecule has 1 aromatic carbocycles. The summed E-state index contributed by atoms with van der Waals surface area (Å²) in [4.78, 5) is 15.8. The molecule has 2 N–H and O–H groups in total. The van der Waals surface area contributed by atoms with E-state index in [1.54, 1.807) is 6.07 Å². The fourth-order valence-corrected chi connectivity index (χ4v) is 7.14. The molecule has 7 rings (SSSR count). The van der Waals surface area contributed by atoms with Crippen molar-refractivity contribution in [1.29, 1.82) is 0 Å². The molecule has 0 amide bonds. The fourth-order valence-electron chi connectivity index (χ4n) is 7.14. The van der Waals surface area contributed by atoms with Crippen molar-refractivity contribution >= 4 is 5.78 Å². The summed E-state index contributed by atoms with van der Waals surface area (Å²) in [6.45, 7) is 2.48. The summed E-state index contributed by atoms with van der Waals surface area (Å²) in [5.41, 5.74) is 1.14. The van der Waals surface area contributed by atoms with E-state index in [0.29, 0.717) is 37.4 Å². The van der Waals surface area contributed by atoms with Gasteiger partial charge in [0.2, 0.25) is 0 Å². The smallest absolute Gasteiger partial charge is 0.176 e. The number of phenolic OH excluding ortho intramolecular Hbond substituents is 1. The molecule has 32 heavy (non-hydrogen) atoms. The number of ketones is 1. The number of H-pyrrole nitrogens is 1. The van der Waals surface area contributed by atoms with Crippen LogP contribution in [0.25, 0.3) is 0 Å². The molecule has 1 saturated heterocycles. The number of nitrogens with zero attached hydrogens (tertiary/aromatic N) is 4. The molecule has 1 spiro atoms. The number of hydrogen-bond acceptors (Lipinski definition) is 8. The first-order valence-electron chi connectivity index (χ1n) is 11.8. The van der Waals surface area contributed by atoms with Crippen molar-refractivity contribution in [3.63, 3.8) is 0 Å². The molecule has 3 aliphatic carbocycles. The molecular formula is C23H27N5O4. The molecule has 3 fully saturated rings. The highest BCUT2D eigenvalue weighted by Crippen LogP contribution is 2.66. The van der Waals surface area contributed by atoms with Crippen LogP contribution in [0, 0.1) is 5.92 Å². The van der Waals surface area contributed by atoms with Gasteiger partial charge in [-0.25, -0.2) is 0 Å². The van der Waals surface area contributed by atoms with Crippen molar-refractivity contribution in [1.82, 2.24) is 25.5 Å². The Labute approximate surface area is 185 Å². The zero-order valence-electron chi connectivity index (χ0n) is 17.9. The predicted octanol–water partition coefficient (Wildman–Crippen LogP) is 1.31. The monoisotopic (exact) mass is 437 g/mol. The fraction of sp³-hybridized carbons (Fsp3) is 0.652. The lowest BCUT2D eigenvalue weighted by Gasteiger charge is -2.64. The molecular weight excluding hydrogens is 410 g/mol. The van der Waals surface area contributed by atoms with Crippen LogP contribution in [0.4, 0.5) is 0 Å². The molecule has 9 nitrogen and oxygen atoms in total. The number of carbonyl (C=O) groups excluding carboxylic acids is 1. The Morgan fingerprint density at radius 2 is 2.22 bits per heavy atom. The number of aromatic nitrogens is 4. The molecule has 3 heterocycles. The third-order valence-electron chi connectivity index (χ3n) is 8.59. The van der Waals surface area contributed by atoms with Crippen LogP contribution in [-0.2, 0) is 27.8 Å². The molecule has 168 valence electrons. The van der Waals surface area contributed by atoms with E-state index in [2.05, 4.69) is 25.5 Å². The van der Waals surface area contributed by atoms with Crippen LogP contribution in [0.15, 0.2) is 12.1 Å². The Kier molecular flexibility index (Phi) is 3.86. The summed E-state index contributed by atoms with van der Waals surface area (Å²) in [7, 11) is 0. The third-order valence-corrected chi connectivity index (χ3v) is 8.59. The maximum atomic E-state index is 13.2. The van der Waals surface area contributed by atoms with Gasteiger partial charge in [0.05, 0.1) is 17.6 Å². The van der Waals surface area contributed by atoms with Crippen molar-refractivity contribution in [2.24, 2.45) is 5.92 Å². The Balaban J connectivity index is 1.36. The van der Waals surface area contributed by atoms with Gasteiger partial charge in [0.1, 0.15) is 0 Å². The number of phenols is 1. The van der Waals surface area contributed by atoms with Crippen molar-refractivity contribution in [3.05, 3.63) is 29.1 Å². The maximum Gasteiger partial charge on any atom is 0.176 e. The van der Waals surface area contributed by atoms with Crippen LogP contribution in [0.1, 0.15) is 49.1 Å². The molecule has 4 atom stereocenters. The van der Waals surface area contributed by atoms with Gasteiger partial charge in [-0.2, -0.15) is 5.21 Å². The highest BCUT2D eigenvalue weighted by Gasteiger charge is 2.74. The number of hydrogen-bond donors (Lipinski definition) is 2. The maximum absolute atomic E-state index is 13.2. The van der Waals surface area contributed by atoms with E-state index in [1.807, 2.05) is 6.07 Å². The molecule has 9 heteroatoms. The van der Waals surface area contributed by atoms with E-state index >= 15 is 0 Å². The second kappa shape index (κ2) is 6.51. The van der Waals surface area contributed by atoms with Gasteiger partial charge >= 0.3 is 0 Å². The van der Waals surface area contributed by atoms with Crippen LogP contribution < -0.4 is 4.74 Å². The van der Waals surface area contributed by atoms with Gasteiger partial charge in [0.25, 0.3) is 0 Å². The summed E-state index contributed by atoms with van der Waals surface area (Å²) >= 11 is 0. The summed E-state index contributed by atoms with van der Waals surface area (Å²) in [6.07, 6.45) is 5.35. The van der Waals surface area contributed by atoms with Crippen LogP contribution in [0.5, 0.6) is 11.5 Å². The van der Waals surface area contributed by atoms with E-state index in [0.717, 1.165) is 37.4 Å². The summed E-state index contributed by atoms with van der Waals surface area (Å²) < 4.78 is 13.2. The Morgan fingerprint density at radius 1 is 1.31 bits per heavy atom. The lowest BCUT2D eigenvalue weighted by Crippen LogP contribution is -2.77. The van der Waals surface area contributed by atoms with Crippen LogP contribution in [0.2, 0.25) is 0 Å². The van der Waals surface area contributed by atoms with Crippen molar-refractivity contribution in [2.75, 3.05) is 19.7 Å². The van der Waals surface area contributed by atoms with Gasteiger partial charge in [-0.3, -0.25) is 9.69 Å². The number of likely N-dealkylation sites (tertiary alicyclic amines) is 1. The van der Waals surface area contributed by atoms with Crippen LogP contribution >= 0.6 is 0 Å². The van der Waals surface area contributed by atoms with Gasteiger partial charge in [-0.05, 0) is 56.2 Å². The Morgan fingerprint density at radius 3 is 3.03 bits per heavy atom. The normalized spacial score (nSPS) is 34.9. The molecule has 2 saturated carbocycles. The molecule has 2 aliphatic heterocycles. The van der Waals surface area contributed by atoms with E-state index in [4.69, 9.17) is 9.47 Å². The zero-order valence-corrected chi connectivity index (χ0v) is 17.9. The second-order valence-electron chi connectivity index (χ2n) is 10.1. The summed E-state index contributed by atoms with van der Waals surface area (Å²) in [5, 5.41) is 24.9. The molecule has 2 bridgehead atoms. The molecule has 1 aromatic heterocycles. The van der Waals surface area contributed by atoms with E-state index in [1.165, 1.54) is 18.4 Å². The average Bonchev–Trinajstić information content (AvgIpc) is 3.30. The van der Waals surface area contributed by atoms with Crippen molar-refractivity contribution in [2.45, 2.75) is 68.1 Å². The Hall–Kier alpha value is -2.52. The topological polar surface area (TPSA) is 113 Å². The number of benzene rings is 1. The second-order valence-corrected chi connectivity index (χ2v) is 10.1. The molecule has 0 radical (unpaired) electrons. The van der Waals surface area contributed by atoms with E-state index < -0.39 is 17.1 Å². The standard InChI is InChI=1S/C23H27N5O4/c29-15-4-3-14-11-17-23(31-10-6-18-24-26-27-25-18)7-5-16(30)21-22(23,19(14)20(15)32-21)8-9-28(17)12-13-1-2-13/h3-4,13,17,21,29H,1-2,5-12H2,(H,24,25,26,27)/t17-,21?,22+,23-/m1/s1. The first-order valence-corrected chi connectivity index (χ1v) is 11.8. The van der Waals surface area contributed by atoms with E-state index in [9.17, 15) is 9.90 Å². The number of ether oxygens (including phenoxy) is 2. The quantitative estimate of drug-likeness (QED) is 0.695. The third kappa shape index (κ3) is 2.35. The van der Waals surface area contributed by atoms with Crippen molar-refractivity contribution in [3.8, 4) is 11.5 Å². The van der Waals surface area contributed by atoms with Crippen LogP contribution in [-0.4, -0.2) is 73.9 Å². The highest BCUT2D eigenvalue weighted by atomic mass is 16.5. The largest absolute Gasteiger partial charge is 0.504 e. The number of tetrazole rings is 1. The highest BCUT2D eigenvalue weighted by molar-refractivity contribution is 5.90. The summed E-state index contributed by atoms with van der Waals surface area (Å²) in [5.74, 6) is 2.15. The number of rotatable bonds is 6. The number of nitrogens with one attached hydrogen (secondary N) is 1. The first kappa shape index (κ1) is 19.0. The van der Waals surface area contributed by atoms with Gasteiger partial charge < -0.3 is 14.6 Å². The van der Waals surface area contributed by atoms with Gasteiger partial charge in [-0.1, -0.05) is 11.3 Å². The number of aromatic hydroxyl groups is 1. The van der Waals surface area contributed by atoms with Crippen LogP contribution in [0.3, 0.4) is 0 Å². The summed E-state index contributed by atoms with van der Waals surface area (Å²) in [6, 6.07) is 3.93. The minimum atomic E-state index is -0.589. The average molecular weight is 438 g/mol. The minimum absolute atomic E-state index is 0.125. The lowest BCUT2D eigenvalue weighted by molar-refractivity contribution is -0.213. The molecule has 1 unspecified atom stereocenters. The van der Waals surface area contributed by atoms with Crippen molar-refractivity contribution < 1.29 is 19.4 Å². The molecule has 5 aliphatic rings. The first-order chi connectivity index (χ1) is 15.6. The SMILES string of the molecule is O=C1CC[C@@]2(OCCc3nn[nH]n3)[C@H]3Cc4ccc(O)c5c4[C@@]2(CCN3CC2CC2)C1O5. The van der Waals surface area contributed by atoms with Gasteiger partial charge in [0.15, 0.2) is 29.2 Å². The van der Waals surface area contributed by atoms with E-state index in [-0.39, 0.29) is 17.6 Å². The van der Waals surface area contributed by atoms with Gasteiger partial charge in [0, 0.05) is 31.0 Å². The number of Topliss-reactive ketones (excluding diaryl/α,β-unsaturated/α-hetero) is 1. The Bertz CT molecular complexity index is 1090. The number of aromatic amines is 1. The van der Waals surface area contributed by atoms with Gasteiger partial charge in [-0.15, -0.1) is 10.2 Å². The lowest BCUT2D eigenvalue weighted by atomic mass is 9.48. The zero-order chi connectivity index (χ0) is 21.5. The number of piperidine rings is 1. The molecule has 2 aromatic rings. The minimum Gasteiger partial charge on any atom is -0.504 e. The number of carbonyl (C=O) groups is 1.